The molecule has 1 N–H and O–H groups in total. The van der Waals surface area contributed by atoms with Gasteiger partial charge in [0.1, 0.15) is 12.4 Å². The minimum Gasteiger partial charge on any atom is -0.489 e. The number of benzene rings is 2. The molecule has 0 aromatic heterocycles. The number of hydrogen-bond donors (Lipinski definition) is 1. The normalized spacial score (nSPS) is 13.6. The molecule has 2 aromatic rings. The van der Waals surface area contributed by atoms with Gasteiger partial charge in [0, 0.05) is 12.6 Å². The molecule has 0 unspecified atom stereocenters. The highest BCUT2D eigenvalue weighted by Gasteiger charge is 2.19. The van der Waals surface area contributed by atoms with E-state index < -0.39 is 0 Å². The van der Waals surface area contributed by atoms with Crippen LogP contribution in [0.1, 0.15) is 29.5 Å². The fourth-order valence-corrected chi connectivity index (χ4v) is 2.10. The molecule has 3 heteroatoms. The molecule has 1 saturated carbocycles. The molecule has 0 saturated heterocycles. The molecular formula is C18H22ClNO. The summed E-state index contributed by atoms with van der Waals surface area (Å²) in [5.74, 6) is 0.931. The lowest BCUT2D eigenvalue weighted by Crippen LogP contribution is -2.15. The van der Waals surface area contributed by atoms with E-state index >= 15 is 0 Å². The number of ether oxygens (including phenoxy) is 1. The highest BCUT2D eigenvalue weighted by Crippen LogP contribution is 2.20. The molecule has 1 aliphatic rings. The molecule has 1 fully saturated rings. The zero-order chi connectivity index (χ0) is 13.8. The Morgan fingerprint density at radius 3 is 2.19 bits per heavy atom. The van der Waals surface area contributed by atoms with Gasteiger partial charge in [-0.2, -0.15) is 0 Å². The Balaban J connectivity index is 0.00000161. The van der Waals surface area contributed by atoms with Gasteiger partial charge in [-0.05, 0) is 43.0 Å². The Morgan fingerprint density at radius 1 is 0.952 bits per heavy atom. The zero-order valence-corrected chi connectivity index (χ0v) is 13.2. The molecule has 21 heavy (non-hydrogen) atoms. The molecule has 0 bridgehead atoms. The quantitative estimate of drug-likeness (QED) is 0.861. The van der Waals surface area contributed by atoms with E-state index in [9.17, 15) is 0 Å². The van der Waals surface area contributed by atoms with Gasteiger partial charge in [0.05, 0.1) is 0 Å². The smallest absolute Gasteiger partial charge is 0.119 e. The first kappa shape index (κ1) is 15.9. The number of halogens is 1. The molecule has 2 aromatic carbocycles. The molecule has 0 atom stereocenters. The second-order valence-electron chi connectivity index (χ2n) is 5.57. The third-order valence-corrected chi connectivity index (χ3v) is 3.62. The number of rotatable bonds is 6. The summed E-state index contributed by atoms with van der Waals surface area (Å²) in [4.78, 5) is 0. The first-order valence-electron chi connectivity index (χ1n) is 7.30. The van der Waals surface area contributed by atoms with Gasteiger partial charge in [-0.3, -0.25) is 0 Å². The van der Waals surface area contributed by atoms with Gasteiger partial charge < -0.3 is 10.1 Å². The van der Waals surface area contributed by atoms with Crippen LogP contribution >= 0.6 is 12.4 Å². The second kappa shape index (κ2) is 7.48. The Bertz CT molecular complexity index is 546. The number of nitrogens with one attached hydrogen (secondary N) is 1. The molecule has 0 heterocycles. The number of hydrogen-bond acceptors (Lipinski definition) is 2. The molecule has 0 aliphatic heterocycles. The van der Waals surface area contributed by atoms with Crippen LogP contribution in [0.25, 0.3) is 0 Å². The van der Waals surface area contributed by atoms with E-state index in [1.807, 2.05) is 0 Å². The van der Waals surface area contributed by atoms with E-state index in [2.05, 4.69) is 60.8 Å². The average molecular weight is 304 g/mol. The van der Waals surface area contributed by atoms with Crippen molar-refractivity contribution in [2.75, 3.05) is 0 Å². The lowest BCUT2D eigenvalue weighted by Gasteiger charge is -2.08. The van der Waals surface area contributed by atoms with Crippen LogP contribution in [0, 0.1) is 6.92 Å². The molecule has 3 rings (SSSR count). The van der Waals surface area contributed by atoms with Crippen molar-refractivity contribution in [3.8, 4) is 5.75 Å². The van der Waals surface area contributed by atoms with Crippen molar-refractivity contribution in [3.63, 3.8) is 0 Å². The van der Waals surface area contributed by atoms with Gasteiger partial charge in [-0.1, -0.05) is 42.0 Å². The van der Waals surface area contributed by atoms with Crippen LogP contribution in [-0.4, -0.2) is 6.04 Å². The summed E-state index contributed by atoms with van der Waals surface area (Å²) in [5, 5.41) is 3.51. The average Bonchev–Trinajstić information content (AvgIpc) is 3.30. The maximum absolute atomic E-state index is 5.80. The van der Waals surface area contributed by atoms with Crippen molar-refractivity contribution in [3.05, 3.63) is 65.2 Å². The predicted molar refractivity (Wildman–Crippen MR) is 89.1 cm³/mol. The maximum Gasteiger partial charge on any atom is 0.119 e. The summed E-state index contributed by atoms with van der Waals surface area (Å²) in [6.45, 7) is 3.68. The number of aryl methyl sites for hydroxylation is 1. The Kier molecular flexibility index (Phi) is 5.66. The van der Waals surface area contributed by atoms with Gasteiger partial charge in [-0.15, -0.1) is 12.4 Å². The largest absolute Gasteiger partial charge is 0.489 e. The minimum absolute atomic E-state index is 0. The van der Waals surface area contributed by atoms with Crippen LogP contribution < -0.4 is 10.1 Å². The van der Waals surface area contributed by atoms with Gasteiger partial charge in [-0.25, -0.2) is 0 Å². The van der Waals surface area contributed by atoms with Crippen LogP contribution in [0.3, 0.4) is 0 Å². The van der Waals surface area contributed by atoms with Crippen LogP contribution in [0.4, 0.5) is 0 Å². The highest BCUT2D eigenvalue weighted by atomic mass is 35.5. The van der Waals surface area contributed by atoms with E-state index in [1.165, 1.54) is 29.5 Å². The first-order valence-corrected chi connectivity index (χ1v) is 7.30. The predicted octanol–water partition coefficient (Wildman–Crippen LogP) is 4.25. The monoisotopic (exact) mass is 303 g/mol. The molecular weight excluding hydrogens is 282 g/mol. The summed E-state index contributed by atoms with van der Waals surface area (Å²) < 4.78 is 5.80. The van der Waals surface area contributed by atoms with E-state index in [1.54, 1.807) is 0 Å². The Labute approximate surface area is 132 Å². The SMILES string of the molecule is Cc1ccc(COc2ccc(CNC3CC3)cc2)cc1.Cl. The fraction of sp³-hybridized carbons (Fsp3) is 0.333. The lowest BCUT2D eigenvalue weighted by molar-refractivity contribution is 0.306. The molecule has 112 valence electrons. The summed E-state index contributed by atoms with van der Waals surface area (Å²) in [7, 11) is 0. The van der Waals surface area contributed by atoms with Gasteiger partial charge in [0.25, 0.3) is 0 Å². The zero-order valence-electron chi connectivity index (χ0n) is 12.3. The lowest BCUT2D eigenvalue weighted by atomic mass is 10.2. The topological polar surface area (TPSA) is 21.3 Å². The molecule has 1 aliphatic carbocycles. The van der Waals surface area contributed by atoms with Crippen molar-refractivity contribution < 1.29 is 4.74 Å². The second-order valence-corrected chi connectivity index (χ2v) is 5.57. The summed E-state index contributed by atoms with van der Waals surface area (Å²) in [6, 6.07) is 17.6. The summed E-state index contributed by atoms with van der Waals surface area (Å²) in [6.07, 6.45) is 2.66. The van der Waals surface area contributed by atoms with E-state index in [4.69, 9.17) is 4.74 Å². The third-order valence-electron chi connectivity index (χ3n) is 3.62. The molecule has 0 spiro atoms. The summed E-state index contributed by atoms with van der Waals surface area (Å²) in [5.41, 5.74) is 3.80. The van der Waals surface area contributed by atoms with E-state index in [-0.39, 0.29) is 12.4 Å². The highest BCUT2D eigenvalue weighted by molar-refractivity contribution is 5.85. The fourth-order valence-electron chi connectivity index (χ4n) is 2.10. The molecule has 2 nitrogen and oxygen atoms in total. The van der Waals surface area contributed by atoms with Gasteiger partial charge in [0.2, 0.25) is 0 Å². The van der Waals surface area contributed by atoms with E-state index in [0.29, 0.717) is 6.61 Å². The van der Waals surface area contributed by atoms with Crippen LogP contribution in [0.15, 0.2) is 48.5 Å². The van der Waals surface area contributed by atoms with Crippen LogP contribution in [-0.2, 0) is 13.2 Å². The molecule has 0 radical (unpaired) electrons. The third kappa shape index (κ3) is 5.07. The van der Waals surface area contributed by atoms with Crippen molar-refractivity contribution >= 4 is 12.4 Å². The first-order chi connectivity index (χ1) is 9.79. The van der Waals surface area contributed by atoms with Crippen molar-refractivity contribution in [2.45, 2.75) is 39.0 Å². The van der Waals surface area contributed by atoms with Crippen LogP contribution in [0.2, 0.25) is 0 Å². The standard InChI is InChI=1S/C18H21NO.ClH/c1-14-2-4-16(5-3-14)13-20-18-10-6-15(7-11-18)12-19-17-8-9-17;/h2-7,10-11,17,19H,8-9,12-13H2,1H3;1H. The Hall–Kier alpha value is -1.51. The van der Waals surface area contributed by atoms with Gasteiger partial charge >= 0.3 is 0 Å². The maximum atomic E-state index is 5.80. The van der Waals surface area contributed by atoms with Crippen molar-refractivity contribution in [2.24, 2.45) is 0 Å². The van der Waals surface area contributed by atoms with Gasteiger partial charge in [0.15, 0.2) is 0 Å². The Morgan fingerprint density at radius 2 is 1.57 bits per heavy atom. The van der Waals surface area contributed by atoms with Crippen molar-refractivity contribution in [1.29, 1.82) is 0 Å². The molecule has 0 amide bonds. The van der Waals surface area contributed by atoms with Crippen LogP contribution in [0.5, 0.6) is 5.75 Å². The minimum atomic E-state index is 0. The van der Waals surface area contributed by atoms with E-state index in [0.717, 1.165) is 18.3 Å². The summed E-state index contributed by atoms with van der Waals surface area (Å²) >= 11 is 0. The van der Waals surface area contributed by atoms with Crippen molar-refractivity contribution in [1.82, 2.24) is 5.32 Å².